The molecule has 0 fully saturated rings. The van der Waals surface area contributed by atoms with Crippen LogP contribution in [0.25, 0.3) is 11.1 Å². The van der Waals surface area contributed by atoms with E-state index in [1.54, 1.807) is 12.4 Å². The van der Waals surface area contributed by atoms with E-state index in [-0.39, 0.29) is 12.3 Å². The fourth-order valence-electron chi connectivity index (χ4n) is 3.15. The molecule has 30 heavy (non-hydrogen) atoms. The smallest absolute Gasteiger partial charge is 0.326 e. The number of carboxylic acid groups (broad SMARTS) is 1. The molecule has 6 nitrogen and oxygen atoms in total. The molecule has 0 saturated heterocycles. The number of carbonyl (C=O) groups is 2. The Balaban J connectivity index is 1.65. The Labute approximate surface area is 180 Å². The van der Waals surface area contributed by atoms with E-state index >= 15 is 0 Å². The molecular formula is C23H23N3O3S. The third kappa shape index (κ3) is 5.90. The molecule has 0 aliphatic carbocycles. The molecule has 0 unspecified atom stereocenters. The average molecular weight is 422 g/mol. The predicted molar refractivity (Wildman–Crippen MR) is 118 cm³/mol. The fraction of sp³-hybridized carbons (Fsp3) is 0.217. The number of carboxylic acids is 1. The Kier molecular flexibility index (Phi) is 7.57. The highest BCUT2D eigenvalue weighted by Gasteiger charge is 2.25. The Bertz CT molecular complexity index is 966. The summed E-state index contributed by atoms with van der Waals surface area (Å²) in [4.78, 5) is 32.4. The van der Waals surface area contributed by atoms with Gasteiger partial charge in [0.25, 0.3) is 0 Å². The van der Waals surface area contributed by atoms with E-state index in [1.807, 2.05) is 54.6 Å². The van der Waals surface area contributed by atoms with Gasteiger partial charge in [-0.25, -0.2) is 14.8 Å². The van der Waals surface area contributed by atoms with Crippen LogP contribution in [-0.4, -0.2) is 38.7 Å². The number of thiol groups is 1. The zero-order valence-corrected chi connectivity index (χ0v) is 17.2. The molecule has 0 bridgehead atoms. The summed E-state index contributed by atoms with van der Waals surface area (Å²) in [6.45, 7) is 0. The van der Waals surface area contributed by atoms with E-state index in [0.717, 1.165) is 22.3 Å². The number of aromatic nitrogens is 2. The summed E-state index contributed by atoms with van der Waals surface area (Å²) in [6.07, 6.45) is 5.60. The molecule has 3 rings (SSSR count). The second-order valence-corrected chi connectivity index (χ2v) is 7.36. The number of carbonyl (C=O) groups excluding carboxylic acids is 1. The number of hydrogen-bond donors (Lipinski definition) is 3. The van der Waals surface area contributed by atoms with Crippen LogP contribution in [0.5, 0.6) is 0 Å². The normalized spacial score (nSPS) is 12.7. The van der Waals surface area contributed by atoms with Gasteiger partial charge in [0.05, 0.1) is 5.92 Å². The highest BCUT2D eigenvalue weighted by molar-refractivity contribution is 7.80. The minimum Gasteiger partial charge on any atom is -0.480 e. The van der Waals surface area contributed by atoms with Gasteiger partial charge < -0.3 is 10.4 Å². The first-order valence-corrected chi connectivity index (χ1v) is 10.2. The molecule has 154 valence electrons. The summed E-state index contributed by atoms with van der Waals surface area (Å²) in [5.41, 5.74) is 3.64. The summed E-state index contributed by atoms with van der Waals surface area (Å²) in [5, 5.41) is 12.3. The van der Waals surface area contributed by atoms with Crippen LogP contribution < -0.4 is 5.32 Å². The van der Waals surface area contributed by atoms with E-state index in [1.165, 1.54) is 6.33 Å². The average Bonchev–Trinajstić information content (AvgIpc) is 2.78. The Morgan fingerprint density at radius 3 is 2.13 bits per heavy atom. The summed E-state index contributed by atoms with van der Waals surface area (Å²) in [5.74, 6) is -1.44. The lowest BCUT2D eigenvalue weighted by Gasteiger charge is -2.19. The molecule has 0 spiro atoms. The van der Waals surface area contributed by atoms with E-state index in [2.05, 4.69) is 27.9 Å². The first kappa shape index (κ1) is 21.5. The van der Waals surface area contributed by atoms with Gasteiger partial charge in [0, 0.05) is 30.1 Å². The molecule has 0 radical (unpaired) electrons. The minimum absolute atomic E-state index is 0.192. The van der Waals surface area contributed by atoms with Crippen molar-refractivity contribution in [3.8, 4) is 11.1 Å². The molecular weight excluding hydrogens is 398 g/mol. The molecule has 0 aliphatic rings. The van der Waals surface area contributed by atoms with Gasteiger partial charge in [-0.3, -0.25) is 4.79 Å². The van der Waals surface area contributed by atoms with Crippen molar-refractivity contribution in [2.24, 2.45) is 5.92 Å². The number of rotatable bonds is 9. The summed E-state index contributed by atoms with van der Waals surface area (Å²) in [6, 6.07) is 16.1. The quantitative estimate of drug-likeness (QED) is 0.462. The molecule has 0 saturated carbocycles. The molecule has 7 heteroatoms. The van der Waals surface area contributed by atoms with Crippen molar-refractivity contribution in [2.75, 3.05) is 5.75 Å². The lowest BCUT2D eigenvalue weighted by molar-refractivity contribution is -0.142. The largest absolute Gasteiger partial charge is 0.480 e. The predicted octanol–water partition coefficient (Wildman–Crippen LogP) is 3.04. The van der Waals surface area contributed by atoms with E-state index < -0.39 is 17.9 Å². The standard InChI is InChI=1S/C23H23N3O3S/c27-22(19(14-30)10-16-4-2-1-3-5-16)26-21(23(28)29)11-17-6-8-18(9-7-17)20-12-24-15-25-13-20/h1-9,12-13,15,19,21,30H,10-11,14H2,(H,26,27)(H,28,29)/t19-,21+/m1/s1. The Morgan fingerprint density at radius 1 is 0.900 bits per heavy atom. The van der Waals surface area contributed by atoms with E-state index in [4.69, 9.17) is 0 Å². The van der Waals surface area contributed by atoms with Crippen LogP contribution in [0.15, 0.2) is 73.3 Å². The van der Waals surface area contributed by atoms with E-state index in [9.17, 15) is 14.7 Å². The molecule has 3 aromatic rings. The maximum Gasteiger partial charge on any atom is 0.326 e. The van der Waals surface area contributed by atoms with Gasteiger partial charge in [0.1, 0.15) is 12.4 Å². The van der Waals surface area contributed by atoms with Gasteiger partial charge in [-0.1, -0.05) is 54.6 Å². The van der Waals surface area contributed by atoms with Crippen LogP contribution in [-0.2, 0) is 22.4 Å². The monoisotopic (exact) mass is 421 g/mol. The Hall–Kier alpha value is -3.19. The summed E-state index contributed by atoms with van der Waals surface area (Å²) >= 11 is 4.29. The topological polar surface area (TPSA) is 92.2 Å². The number of amides is 1. The lowest BCUT2D eigenvalue weighted by Crippen LogP contribution is -2.45. The molecule has 1 heterocycles. The highest BCUT2D eigenvalue weighted by Crippen LogP contribution is 2.18. The number of nitrogens with one attached hydrogen (secondary N) is 1. The van der Waals surface area contributed by atoms with Crippen molar-refractivity contribution in [2.45, 2.75) is 18.9 Å². The highest BCUT2D eigenvalue weighted by atomic mass is 32.1. The van der Waals surface area contributed by atoms with Gasteiger partial charge >= 0.3 is 5.97 Å². The van der Waals surface area contributed by atoms with Gasteiger partial charge in [-0.05, 0) is 23.1 Å². The molecule has 2 atom stereocenters. The van der Waals surface area contributed by atoms with Gasteiger partial charge in [0.2, 0.25) is 5.91 Å². The maximum atomic E-state index is 12.7. The second kappa shape index (κ2) is 10.5. The molecule has 0 aliphatic heterocycles. The van der Waals surface area contributed by atoms with Gasteiger partial charge in [-0.15, -0.1) is 0 Å². The van der Waals surface area contributed by atoms with Crippen LogP contribution in [0.4, 0.5) is 0 Å². The second-order valence-electron chi connectivity index (χ2n) is 7.00. The zero-order chi connectivity index (χ0) is 21.3. The zero-order valence-electron chi connectivity index (χ0n) is 16.3. The Morgan fingerprint density at radius 2 is 1.53 bits per heavy atom. The lowest BCUT2D eigenvalue weighted by atomic mass is 9.98. The molecule has 1 aromatic heterocycles. The van der Waals surface area contributed by atoms with Crippen LogP contribution in [0.1, 0.15) is 11.1 Å². The number of hydrogen-bond acceptors (Lipinski definition) is 5. The first-order chi connectivity index (χ1) is 14.6. The van der Waals surface area contributed by atoms with Gasteiger partial charge in [0.15, 0.2) is 0 Å². The molecule has 2 N–H and O–H groups in total. The van der Waals surface area contributed by atoms with Crippen molar-refractivity contribution in [3.05, 3.63) is 84.4 Å². The van der Waals surface area contributed by atoms with Crippen molar-refractivity contribution in [3.63, 3.8) is 0 Å². The van der Waals surface area contributed by atoms with Crippen LogP contribution >= 0.6 is 12.6 Å². The van der Waals surface area contributed by atoms with Gasteiger partial charge in [-0.2, -0.15) is 12.6 Å². The van der Waals surface area contributed by atoms with Crippen molar-refractivity contribution in [1.29, 1.82) is 0 Å². The SMILES string of the molecule is O=C(N[C@@H](Cc1ccc(-c2cncnc2)cc1)C(=O)O)[C@@H](CS)Cc1ccccc1. The maximum absolute atomic E-state index is 12.7. The summed E-state index contributed by atoms with van der Waals surface area (Å²) < 4.78 is 0. The van der Waals surface area contributed by atoms with Crippen LogP contribution in [0.3, 0.4) is 0 Å². The third-order valence-electron chi connectivity index (χ3n) is 4.82. The first-order valence-electron chi connectivity index (χ1n) is 9.59. The number of aliphatic carboxylic acids is 1. The van der Waals surface area contributed by atoms with Crippen molar-refractivity contribution >= 4 is 24.5 Å². The number of benzene rings is 2. The molecule has 1 amide bonds. The summed E-state index contributed by atoms with van der Waals surface area (Å²) in [7, 11) is 0. The fourth-order valence-corrected chi connectivity index (χ4v) is 3.44. The number of nitrogens with zero attached hydrogens (tertiary/aromatic N) is 2. The minimum atomic E-state index is -1.07. The van der Waals surface area contributed by atoms with Crippen molar-refractivity contribution in [1.82, 2.24) is 15.3 Å². The van der Waals surface area contributed by atoms with Crippen molar-refractivity contribution < 1.29 is 14.7 Å². The van der Waals surface area contributed by atoms with E-state index in [0.29, 0.717) is 12.2 Å². The van der Waals surface area contributed by atoms with Crippen LogP contribution in [0.2, 0.25) is 0 Å². The molecule has 2 aromatic carbocycles. The third-order valence-corrected chi connectivity index (χ3v) is 5.26. The van der Waals surface area contributed by atoms with Crippen LogP contribution in [0, 0.1) is 5.92 Å².